The Bertz CT molecular complexity index is 215. The van der Waals surface area contributed by atoms with E-state index in [1.807, 2.05) is 0 Å². The van der Waals surface area contributed by atoms with E-state index in [0.717, 1.165) is 31.5 Å². The first-order chi connectivity index (χ1) is 6.58. The zero-order valence-electron chi connectivity index (χ0n) is 8.94. The van der Waals surface area contributed by atoms with Gasteiger partial charge in [-0.05, 0) is 18.3 Å². The summed E-state index contributed by atoms with van der Waals surface area (Å²) in [5, 5.41) is 8.44. The molecule has 80 valence electrons. The second-order valence-corrected chi connectivity index (χ2v) is 4.41. The minimum atomic E-state index is -0.858. The highest BCUT2D eigenvalue weighted by molar-refractivity contribution is 5.79. The third-order valence-electron chi connectivity index (χ3n) is 2.57. The Morgan fingerprint density at radius 3 is 2.50 bits per heavy atom. The summed E-state index contributed by atoms with van der Waals surface area (Å²) >= 11 is 0. The molecule has 1 saturated heterocycles. The van der Waals surface area contributed by atoms with E-state index < -0.39 is 5.97 Å². The van der Waals surface area contributed by atoms with E-state index in [9.17, 15) is 4.79 Å². The quantitative estimate of drug-likeness (QED) is 0.699. The smallest absolute Gasteiger partial charge is 0.328 e. The first-order valence-electron chi connectivity index (χ1n) is 5.19. The molecule has 1 rings (SSSR count). The molecule has 2 atom stereocenters. The van der Waals surface area contributed by atoms with Crippen LogP contribution < -0.4 is 0 Å². The topological polar surface area (TPSA) is 40.5 Å². The molecule has 0 spiro atoms. The first kappa shape index (κ1) is 11.2. The van der Waals surface area contributed by atoms with Crippen LogP contribution in [0.15, 0.2) is 12.2 Å². The maximum Gasteiger partial charge on any atom is 0.328 e. The Labute approximate surface area is 85.4 Å². The lowest BCUT2D eigenvalue weighted by molar-refractivity contribution is -0.131. The molecule has 1 heterocycles. The highest BCUT2D eigenvalue weighted by Crippen LogP contribution is 2.20. The summed E-state index contributed by atoms with van der Waals surface area (Å²) in [7, 11) is 0. The van der Waals surface area contributed by atoms with Gasteiger partial charge in [-0.1, -0.05) is 19.9 Å². The Morgan fingerprint density at radius 2 is 2.00 bits per heavy atom. The van der Waals surface area contributed by atoms with E-state index in [1.54, 1.807) is 6.08 Å². The van der Waals surface area contributed by atoms with E-state index in [-0.39, 0.29) is 0 Å². The highest BCUT2D eigenvalue weighted by Gasteiger charge is 2.20. The molecule has 1 aliphatic heterocycles. The van der Waals surface area contributed by atoms with Gasteiger partial charge in [0.15, 0.2) is 0 Å². The number of carboxylic acid groups (broad SMARTS) is 1. The summed E-state index contributed by atoms with van der Waals surface area (Å²) < 4.78 is 0. The number of nitrogens with zero attached hydrogens (tertiary/aromatic N) is 1. The van der Waals surface area contributed by atoms with Crippen molar-refractivity contribution >= 4 is 5.97 Å². The molecule has 14 heavy (non-hydrogen) atoms. The van der Waals surface area contributed by atoms with E-state index in [2.05, 4.69) is 18.7 Å². The van der Waals surface area contributed by atoms with Gasteiger partial charge in [-0.2, -0.15) is 0 Å². The van der Waals surface area contributed by atoms with E-state index in [1.165, 1.54) is 12.5 Å². The van der Waals surface area contributed by atoms with Crippen LogP contribution in [0.5, 0.6) is 0 Å². The Balaban J connectivity index is 2.33. The van der Waals surface area contributed by atoms with Crippen LogP contribution in [0.3, 0.4) is 0 Å². The summed E-state index contributed by atoms with van der Waals surface area (Å²) in [6, 6.07) is 0. The normalized spacial score (nSPS) is 29.6. The molecule has 0 aliphatic carbocycles. The molecule has 1 N–H and O–H groups in total. The van der Waals surface area contributed by atoms with Crippen molar-refractivity contribution in [2.45, 2.75) is 20.3 Å². The fourth-order valence-corrected chi connectivity index (χ4v) is 2.24. The maximum absolute atomic E-state index is 10.3. The summed E-state index contributed by atoms with van der Waals surface area (Å²) in [5.41, 5.74) is 0. The van der Waals surface area contributed by atoms with Crippen molar-refractivity contribution in [2.75, 3.05) is 19.6 Å². The highest BCUT2D eigenvalue weighted by atomic mass is 16.4. The van der Waals surface area contributed by atoms with Crippen LogP contribution in [0.1, 0.15) is 20.3 Å². The molecule has 0 bridgehead atoms. The lowest BCUT2D eigenvalue weighted by atomic mass is 9.92. The summed E-state index contributed by atoms with van der Waals surface area (Å²) in [4.78, 5) is 12.6. The molecule has 0 saturated carbocycles. The van der Waals surface area contributed by atoms with Gasteiger partial charge >= 0.3 is 5.97 Å². The predicted octanol–water partition coefficient (Wildman–Crippen LogP) is 1.61. The summed E-state index contributed by atoms with van der Waals surface area (Å²) in [5.74, 6) is 0.608. The van der Waals surface area contributed by atoms with Crippen LogP contribution >= 0.6 is 0 Å². The van der Waals surface area contributed by atoms with Crippen LogP contribution in [0.4, 0.5) is 0 Å². The average molecular weight is 197 g/mol. The molecule has 1 fully saturated rings. The number of carboxylic acids is 1. The third kappa shape index (κ3) is 3.92. The summed E-state index contributed by atoms with van der Waals surface area (Å²) in [6.07, 6.45) is 4.25. The molecular weight excluding hydrogens is 178 g/mol. The number of carbonyl (C=O) groups is 1. The van der Waals surface area contributed by atoms with Gasteiger partial charge < -0.3 is 5.11 Å². The first-order valence-corrected chi connectivity index (χ1v) is 5.19. The molecule has 3 nitrogen and oxygen atoms in total. The van der Waals surface area contributed by atoms with Crippen molar-refractivity contribution in [2.24, 2.45) is 11.8 Å². The standard InChI is InChI=1S/C11H19NO2/c1-9-6-10(2)8-12(7-9)5-3-4-11(13)14/h3-4,9-10H,5-8H2,1-2H3,(H,13,14)/b4-3+. The van der Waals surface area contributed by atoms with E-state index in [0.29, 0.717) is 0 Å². The van der Waals surface area contributed by atoms with Crippen LogP contribution in [0.2, 0.25) is 0 Å². The van der Waals surface area contributed by atoms with Gasteiger partial charge in [0.25, 0.3) is 0 Å². The molecule has 0 aromatic rings. The van der Waals surface area contributed by atoms with Crippen molar-refractivity contribution in [1.82, 2.24) is 4.90 Å². The van der Waals surface area contributed by atoms with Crippen molar-refractivity contribution in [3.8, 4) is 0 Å². The zero-order valence-corrected chi connectivity index (χ0v) is 8.94. The lowest BCUT2D eigenvalue weighted by Crippen LogP contribution is -2.38. The van der Waals surface area contributed by atoms with Crippen LogP contribution in [-0.4, -0.2) is 35.6 Å². The minimum absolute atomic E-state index is 0.733. The van der Waals surface area contributed by atoms with Crippen molar-refractivity contribution < 1.29 is 9.90 Å². The Kier molecular flexibility index (Phi) is 4.14. The molecule has 0 aromatic heterocycles. The maximum atomic E-state index is 10.3. The van der Waals surface area contributed by atoms with Gasteiger partial charge in [0, 0.05) is 25.7 Å². The average Bonchev–Trinajstić information content (AvgIpc) is 2.01. The number of hydrogen-bond donors (Lipinski definition) is 1. The van der Waals surface area contributed by atoms with E-state index >= 15 is 0 Å². The predicted molar refractivity (Wildman–Crippen MR) is 56.2 cm³/mol. The SMILES string of the molecule is CC1CC(C)CN(C/C=C/C(=O)O)C1. The molecule has 2 unspecified atom stereocenters. The van der Waals surface area contributed by atoms with Gasteiger partial charge in [0.05, 0.1) is 0 Å². The van der Waals surface area contributed by atoms with Crippen molar-refractivity contribution in [1.29, 1.82) is 0 Å². The van der Waals surface area contributed by atoms with Crippen LogP contribution in [-0.2, 0) is 4.79 Å². The second-order valence-electron chi connectivity index (χ2n) is 4.41. The number of hydrogen-bond acceptors (Lipinski definition) is 2. The lowest BCUT2D eigenvalue weighted by Gasteiger charge is -2.34. The van der Waals surface area contributed by atoms with Gasteiger partial charge in [0.2, 0.25) is 0 Å². The van der Waals surface area contributed by atoms with Gasteiger partial charge in [0.1, 0.15) is 0 Å². The molecule has 3 heteroatoms. The molecule has 0 radical (unpaired) electrons. The molecule has 1 aliphatic rings. The largest absolute Gasteiger partial charge is 0.478 e. The molecule has 0 amide bonds. The fourth-order valence-electron chi connectivity index (χ4n) is 2.24. The second kappa shape index (κ2) is 5.15. The van der Waals surface area contributed by atoms with Crippen LogP contribution in [0.25, 0.3) is 0 Å². The zero-order chi connectivity index (χ0) is 10.6. The minimum Gasteiger partial charge on any atom is -0.478 e. The van der Waals surface area contributed by atoms with Gasteiger partial charge in [-0.3, -0.25) is 4.90 Å². The van der Waals surface area contributed by atoms with Crippen molar-refractivity contribution in [3.05, 3.63) is 12.2 Å². The molecule has 0 aromatic carbocycles. The Hall–Kier alpha value is -0.830. The third-order valence-corrected chi connectivity index (χ3v) is 2.57. The van der Waals surface area contributed by atoms with Gasteiger partial charge in [-0.15, -0.1) is 0 Å². The Morgan fingerprint density at radius 1 is 1.43 bits per heavy atom. The number of likely N-dealkylation sites (tertiary alicyclic amines) is 1. The number of piperidine rings is 1. The van der Waals surface area contributed by atoms with Gasteiger partial charge in [-0.25, -0.2) is 4.79 Å². The summed E-state index contributed by atoms with van der Waals surface area (Å²) in [6.45, 7) is 7.46. The monoisotopic (exact) mass is 197 g/mol. The molecular formula is C11H19NO2. The number of aliphatic carboxylic acids is 1. The van der Waals surface area contributed by atoms with E-state index in [4.69, 9.17) is 5.11 Å². The van der Waals surface area contributed by atoms with Crippen LogP contribution in [0, 0.1) is 11.8 Å². The number of rotatable bonds is 3. The van der Waals surface area contributed by atoms with Crippen molar-refractivity contribution in [3.63, 3.8) is 0 Å². The fraction of sp³-hybridized carbons (Fsp3) is 0.727.